The number of nitrogens with one attached hydrogen (secondary N) is 2. The average molecular weight is 446 g/mol. The highest BCUT2D eigenvalue weighted by atomic mass is 79.9. The summed E-state index contributed by atoms with van der Waals surface area (Å²) in [5, 5.41) is 6.06. The summed E-state index contributed by atoms with van der Waals surface area (Å²) in [6, 6.07) is 13.1. The molecule has 0 saturated carbocycles. The molecule has 2 aromatic heterocycles. The molecule has 0 aliphatic rings. The van der Waals surface area contributed by atoms with Crippen LogP contribution in [0.5, 0.6) is 0 Å². The molecule has 0 unspecified atom stereocenters. The number of carbonyl (C=O) groups excluding carboxylic acids is 1. The molecular formula is C19H20BrN5OS. The molecule has 2 heterocycles. The average Bonchev–Trinajstić information content (AvgIpc) is 3.12. The molecule has 8 heteroatoms. The molecule has 1 aromatic carbocycles. The van der Waals surface area contributed by atoms with Crippen LogP contribution in [0, 0.1) is 0 Å². The van der Waals surface area contributed by atoms with E-state index in [4.69, 9.17) is 5.73 Å². The van der Waals surface area contributed by atoms with Gasteiger partial charge in [0.05, 0.1) is 14.4 Å². The maximum atomic E-state index is 12.1. The minimum atomic E-state index is -0.0832. The maximum absolute atomic E-state index is 12.1. The highest BCUT2D eigenvalue weighted by Crippen LogP contribution is 2.30. The third kappa shape index (κ3) is 5.59. The van der Waals surface area contributed by atoms with Crippen LogP contribution in [0.4, 0.5) is 11.6 Å². The number of rotatable bonds is 8. The van der Waals surface area contributed by atoms with Gasteiger partial charge in [-0.3, -0.25) is 4.79 Å². The molecular weight excluding hydrogens is 426 g/mol. The van der Waals surface area contributed by atoms with E-state index in [9.17, 15) is 4.79 Å². The Hall–Kier alpha value is -2.29. The topological polar surface area (TPSA) is 92.9 Å². The van der Waals surface area contributed by atoms with Crippen molar-refractivity contribution < 1.29 is 4.79 Å². The fraction of sp³-hybridized carbons (Fsp3) is 0.211. The third-order valence-corrected chi connectivity index (χ3v) is 5.45. The van der Waals surface area contributed by atoms with Crippen LogP contribution in [0.3, 0.4) is 0 Å². The van der Waals surface area contributed by atoms with E-state index >= 15 is 0 Å². The number of carbonyl (C=O) groups is 1. The van der Waals surface area contributed by atoms with Crippen molar-refractivity contribution in [3.63, 3.8) is 0 Å². The van der Waals surface area contributed by atoms with Crippen LogP contribution in [0.2, 0.25) is 0 Å². The van der Waals surface area contributed by atoms with Crippen molar-refractivity contribution in [2.24, 2.45) is 5.73 Å². The number of unbranched alkanes of at least 4 members (excludes halogenated alkanes) is 1. The van der Waals surface area contributed by atoms with Crippen molar-refractivity contribution in [3.05, 3.63) is 58.0 Å². The quantitative estimate of drug-likeness (QED) is 0.452. The maximum Gasteiger partial charge on any atom is 0.251 e. The van der Waals surface area contributed by atoms with Gasteiger partial charge in [0.2, 0.25) is 5.95 Å². The van der Waals surface area contributed by atoms with Crippen LogP contribution in [0.1, 0.15) is 23.2 Å². The molecule has 0 aliphatic heterocycles. The van der Waals surface area contributed by atoms with Gasteiger partial charge < -0.3 is 16.4 Å². The number of aromatic nitrogens is 2. The monoisotopic (exact) mass is 445 g/mol. The zero-order valence-corrected chi connectivity index (χ0v) is 17.0. The summed E-state index contributed by atoms with van der Waals surface area (Å²) < 4.78 is 1.06. The molecule has 27 heavy (non-hydrogen) atoms. The molecule has 0 spiro atoms. The second-order valence-corrected chi connectivity index (χ2v) is 8.29. The molecule has 0 aliphatic carbocycles. The number of benzene rings is 1. The number of halogens is 1. The van der Waals surface area contributed by atoms with Gasteiger partial charge in [0, 0.05) is 24.0 Å². The van der Waals surface area contributed by atoms with Crippen molar-refractivity contribution in [2.45, 2.75) is 12.8 Å². The minimum absolute atomic E-state index is 0.0832. The van der Waals surface area contributed by atoms with E-state index in [1.807, 2.05) is 30.3 Å². The van der Waals surface area contributed by atoms with E-state index in [-0.39, 0.29) is 5.91 Å². The number of hydrogen-bond acceptors (Lipinski definition) is 6. The summed E-state index contributed by atoms with van der Waals surface area (Å²) in [6.07, 6.45) is 3.52. The number of hydrogen-bond donors (Lipinski definition) is 3. The fourth-order valence-corrected chi connectivity index (χ4v) is 3.77. The van der Waals surface area contributed by atoms with E-state index in [1.54, 1.807) is 29.7 Å². The van der Waals surface area contributed by atoms with E-state index in [0.29, 0.717) is 24.6 Å². The lowest BCUT2D eigenvalue weighted by Crippen LogP contribution is -2.24. The Kier molecular flexibility index (Phi) is 6.92. The van der Waals surface area contributed by atoms with Crippen LogP contribution in [0.15, 0.2) is 52.4 Å². The van der Waals surface area contributed by atoms with Gasteiger partial charge in [-0.15, -0.1) is 11.3 Å². The zero-order valence-electron chi connectivity index (χ0n) is 14.6. The predicted octanol–water partition coefficient (Wildman–Crippen LogP) is 4.18. The number of nitrogens with two attached hydrogens (primary N) is 1. The molecule has 3 aromatic rings. The van der Waals surface area contributed by atoms with E-state index < -0.39 is 0 Å². The molecule has 140 valence electrons. The Bertz CT molecular complexity index is 897. The summed E-state index contributed by atoms with van der Waals surface area (Å²) in [5.74, 6) is 0.427. The number of nitrogens with zero attached hydrogens (tertiary/aromatic N) is 2. The molecule has 3 rings (SSSR count). The van der Waals surface area contributed by atoms with Crippen LogP contribution < -0.4 is 16.4 Å². The molecule has 1 amide bonds. The van der Waals surface area contributed by atoms with Crippen LogP contribution in [0.25, 0.3) is 10.6 Å². The Balaban J connectivity index is 1.62. The number of thiophene rings is 1. The lowest BCUT2D eigenvalue weighted by Gasteiger charge is -2.08. The fourth-order valence-electron chi connectivity index (χ4n) is 2.42. The van der Waals surface area contributed by atoms with Crippen molar-refractivity contribution >= 4 is 44.8 Å². The van der Waals surface area contributed by atoms with Crippen molar-refractivity contribution in [3.8, 4) is 10.6 Å². The van der Waals surface area contributed by atoms with Gasteiger partial charge in [-0.2, -0.15) is 0 Å². The zero-order chi connectivity index (χ0) is 19.1. The van der Waals surface area contributed by atoms with Crippen molar-refractivity contribution in [2.75, 3.05) is 18.4 Å². The highest BCUT2D eigenvalue weighted by molar-refractivity contribution is 9.11. The molecule has 0 bridgehead atoms. The normalized spacial score (nSPS) is 10.6. The second kappa shape index (κ2) is 9.59. The Morgan fingerprint density at radius 1 is 1.11 bits per heavy atom. The minimum Gasteiger partial charge on any atom is -0.352 e. The molecule has 6 nitrogen and oxygen atoms in total. The first kappa shape index (κ1) is 19.5. The van der Waals surface area contributed by atoms with Gasteiger partial charge in [-0.1, -0.05) is 0 Å². The Morgan fingerprint density at radius 2 is 1.93 bits per heavy atom. The standard InChI is InChI=1S/C19H20BrN5OS/c20-17-8-7-16(27-17)15-9-12-23-19(25-15)24-14-5-3-13(4-6-14)18(26)22-11-2-1-10-21/h3-9,12H,1-2,10-11,21H2,(H,22,26)(H,23,24,25). The Labute approximate surface area is 170 Å². The van der Waals surface area contributed by atoms with Crippen LogP contribution >= 0.6 is 27.3 Å². The number of anilines is 2. The predicted molar refractivity (Wildman–Crippen MR) is 113 cm³/mol. The first-order valence-electron chi connectivity index (χ1n) is 8.60. The van der Waals surface area contributed by atoms with Crippen molar-refractivity contribution in [1.29, 1.82) is 0 Å². The third-order valence-electron chi connectivity index (χ3n) is 3.80. The van der Waals surface area contributed by atoms with Crippen molar-refractivity contribution in [1.82, 2.24) is 15.3 Å². The van der Waals surface area contributed by atoms with E-state index in [2.05, 4.69) is 36.5 Å². The smallest absolute Gasteiger partial charge is 0.251 e. The van der Waals surface area contributed by atoms with Gasteiger partial charge in [0.1, 0.15) is 0 Å². The van der Waals surface area contributed by atoms with Crippen LogP contribution in [-0.2, 0) is 0 Å². The van der Waals surface area contributed by atoms with Gasteiger partial charge in [-0.05, 0) is 77.8 Å². The highest BCUT2D eigenvalue weighted by Gasteiger charge is 2.07. The summed E-state index contributed by atoms with van der Waals surface area (Å²) in [7, 11) is 0. The lowest BCUT2D eigenvalue weighted by molar-refractivity contribution is 0.0953. The van der Waals surface area contributed by atoms with E-state index in [1.165, 1.54) is 0 Å². The van der Waals surface area contributed by atoms with Gasteiger partial charge in [0.25, 0.3) is 5.91 Å². The molecule has 0 atom stereocenters. The van der Waals surface area contributed by atoms with Gasteiger partial charge in [0.15, 0.2) is 0 Å². The molecule has 0 radical (unpaired) electrons. The first-order valence-corrected chi connectivity index (χ1v) is 10.2. The van der Waals surface area contributed by atoms with Crippen LogP contribution in [-0.4, -0.2) is 29.0 Å². The van der Waals surface area contributed by atoms with Gasteiger partial charge >= 0.3 is 0 Å². The summed E-state index contributed by atoms with van der Waals surface area (Å²) >= 11 is 5.08. The molecule has 0 fully saturated rings. The Morgan fingerprint density at radius 3 is 2.63 bits per heavy atom. The van der Waals surface area contributed by atoms with E-state index in [0.717, 1.165) is 32.9 Å². The lowest BCUT2D eigenvalue weighted by atomic mass is 10.2. The molecule has 4 N–H and O–H groups in total. The summed E-state index contributed by atoms with van der Waals surface area (Å²) in [6.45, 7) is 1.28. The SMILES string of the molecule is NCCCCNC(=O)c1ccc(Nc2nccc(-c3ccc(Br)s3)n2)cc1. The summed E-state index contributed by atoms with van der Waals surface area (Å²) in [5.41, 5.74) is 7.74. The second-order valence-electron chi connectivity index (χ2n) is 5.82. The molecule has 0 saturated heterocycles. The summed E-state index contributed by atoms with van der Waals surface area (Å²) in [4.78, 5) is 22.0. The van der Waals surface area contributed by atoms with Gasteiger partial charge in [-0.25, -0.2) is 9.97 Å². The first-order chi connectivity index (χ1) is 13.2. The largest absolute Gasteiger partial charge is 0.352 e. The number of amides is 1.